The Morgan fingerprint density at radius 3 is 2.22 bits per heavy atom. The van der Waals surface area contributed by atoms with Crippen LogP contribution in [0.3, 0.4) is 0 Å². The molecule has 8 nitrogen and oxygen atoms in total. The van der Waals surface area contributed by atoms with Crippen LogP contribution in [-0.2, 0) is 20.7 Å². The maximum atomic E-state index is 13.4. The number of nitrogens with zero attached hydrogens (tertiary/aromatic N) is 2. The minimum absolute atomic E-state index is 0.171. The summed E-state index contributed by atoms with van der Waals surface area (Å²) in [4.78, 5) is 53.7. The van der Waals surface area contributed by atoms with Crippen molar-refractivity contribution in [1.29, 1.82) is 0 Å². The first kappa shape index (κ1) is 25.6. The van der Waals surface area contributed by atoms with E-state index in [0.717, 1.165) is 16.0 Å². The predicted molar refractivity (Wildman–Crippen MR) is 136 cm³/mol. The summed E-state index contributed by atoms with van der Waals surface area (Å²) in [5.74, 6) is -1.82. The van der Waals surface area contributed by atoms with Crippen molar-refractivity contribution in [2.75, 3.05) is 23.9 Å². The minimum atomic E-state index is -1.01. The topological polar surface area (TPSA) is 96.0 Å². The summed E-state index contributed by atoms with van der Waals surface area (Å²) in [7, 11) is 1.28. The number of hydrogen-bond donors (Lipinski definition) is 1. The number of anilines is 2. The lowest BCUT2D eigenvalue weighted by atomic mass is 10.1. The molecule has 0 saturated carbocycles. The van der Waals surface area contributed by atoms with Gasteiger partial charge >= 0.3 is 12.0 Å². The van der Waals surface area contributed by atoms with Crippen molar-refractivity contribution in [2.24, 2.45) is 0 Å². The van der Waals surface area contributed by atoms with E-state index in [1.807, 2.05) is 6.92 Å². The molecule has 1 saturated heterocycles. The van der Waals surface area contributed by atoms with Crippen LogP contribution < -0.4 is 10.2 Å². The fraction of sp³-hybridized carbons (Fsp3) is 0.214. The number of carbonyl (C=O) groups excluding carboxylic acids is 4. The highest BCUT2D eigenvalue weighted by molar-refractivity contribution is 6.22. The van der Waals surface area contributed by atoms with Crippen LogP contribution in [0.2, 0.25) is 0 Å². The molecule has 1 atom stereocenters. The summed E-state index contributed by atoms with van der Waals surface area (Å²) in [6.45, 7) is 2.07. The van der Waals surface area contributed by atoms with Gasteiger partial charge in [0.15, 0.2) is 0 Å². The van der Waals surface area contributed by atoms with Gasteiger partial charge in [0.1, 0.15) is 11.9 Å². The van der Waals surface area contributed by atoms with Gasteiger partial charge in [-0.05, 0) is 67.4 Å². The Morgan fingerprint density at radius 2 is 1.59 bits per heavy atom. The Hall–Kier alpha value is -4.53. The maximum Gasteiger partial charge on any atom is 0.337 e. The molecule has 37 heavy (non-hydrogen) atoms. The Kier molecular flexibility index (Phi) is 7.62. The van der Waals surface area contributed by atoms with Crippen LogP contribution in [0.1, 0.15) is 27.9 Å². The quantitative estimate of drug-likeness (QED) is 0.365. The van der Waals surface area contributed by atoms with Crippen molar-refractivity contribution in [1.82, 2.24) is 4.90 Å². The fourth-order valence-corrected chi connectivity index (χ4v) is 4.11. The molecule has 3 aromatic rings. The van der Waals surface area contributed by atoms with Gasteiger partial charge in [0.2, 0.25) is 5.91 Å². The number of benzene rings is 3. The van der Waals surface area contributed by atoms with Crippen molar-refractivity contribution in [3.8, 4) is 0 Å². The second-order valence-electron chi connectivity index (χ2n) is 8.70. The van der Waals surface area contributed by atoms with E-state index in [4.69, 9.17) is 0 Å². The lowest BCUT2D eigenvalue weighted by Gasteiger charge is -2.21. The normalized spacial score (nSPS) is 15.2. The van der Waals surface area contributed by atoms with Gasteiger partial charge in [-0.25, -0.2) is 18.9 Å². The highest BCUT2D eigenvalue weighted by Gasteiger charge is 2.46. The molecule has 0 bridgehead atoms. The minimum Gasteiger partial charge on any atom is -0.465 e. The second kappa shape index (κ2) is 11.0. The first-order valence-electron chi connectivity index (χ1n) is 11.7. The number of imide groups is 1. The maximum absolute atomic E-state index is 13.4. The lowest BCUT2D eigenvalue weighted by Crippen LogP contribution is -2.39. The van der Waals surface area contributed by atoms with Gasteiger partial charge in [0, 0.05) is 12.2 Å². The molecule has 3 aromatic carbocycles. The van der Waals surface area contributed by atoms with Crippen LogP contribution in [0.5, 0.6) is 0 Å². The van der Waals surface area contributed by atoms with Crippen LogP contribution in [0.25, 0.3) is 0 Å². The third-order valence-corrected chi connectivity index (χ3v) is 6.13. The van der Waals surface area contributed by atoms with E-state index < -0.39 is 29.9 Å². The van der Waals surface area contributed by atoms with Gasteiger partial charge in [0.05, 0.1) is 24.8 Å². The third-order valence-electron chi connectivity index (χ3n) is 6.13. The Bertz CT molecular complexity index is 1310. The summed E-state index contributed by atoms with van der Waals surface area (Å²) in [5, 5.41) is 2.71. The van der Waals surface area contributed by atoms with Gasteiger partial charge in [-0.15, -0.1) is 0 Å². The van der Waals surface area contributed by atoms with Crippen LogP contribution in [0.4, 0.5) is 20.6 Å². The molecule has 0 aromatic heterocycles. The van der Waals surface area contributed by atoms with Crippen LogP contribution in [0.15, 0.2) is 72.8 Å². The molecule has 190 valence electrons. The van der Waals surface area contributed by atoms with Crippen molar-refractivity contribution < 1.29 is 28.3 Å². The Labute approximate surface area is 213 Å². The number of aryl methyl sites for hydroxylation is 1. The summed E-state index contributed by atoms with van der Waals surface area (Å²) in [5.41, 5.74) is 2.96. The molecule has 0 aliphatic carbocycles. The molecular weight excluding hydrogens is 477 g/mol. The predicted octanol–water partition coefficient (Wildman–Crippen LogP) is 4.33. The van der Waals surface area contributed by atoms with Gasteiger partial charge in [-0.3, -0.25) is 9.59 Å². The summed E-state index contributed by atoms with van der Waals surface area (Å²) < 4.78 is 18.0. The number of amides is 4. The Balaban J connectivity index is 1.52. The zero-order valence-electron chi connectivity index (χ0n) is 20.4. The van der Waals surface area contributed by atoms with Crippen molar-refractivity contribution in [3.63, 3.8) is 0 Å². The first-order valence-corrected chi connectivity index (χ1v) is 11.7. The lowest BCUT2D eigenvalue weighted by molar-refractivity contribution is -0.124. The molecule has 4 rings (SSSR count). The third kappa shape index (κ3) is 5.83. The molecule has 1 aliphatic rings. The number of hydrogen-bond acceptors (Lipinski definition) is 5. The van der Waals surface area contributed by atoms with Crippen LogP contribution >= 0.6 is 0 Å². The van der Waals surface area contributed by atoms with E-state index in [9.17, 15) is 23.6 Å². The largest absolute Gasteiger partial charge is 0.465 e. The molecule has 0 spiro atoms. The average molecular weight is 504 g/mol. The summed E-state index contributed by atoms with van der Waals surface area (Å²) in [6.07, 6.45) is 0.128. The molecule has 0 radical (unpaired) electrons. The number of halogens is 1. The van der Waals surface area contributed by atoms with E-state index in [1.165, 1.54) is 36.3 Å². The number of methoxy groups -OCH3 is 1. The Morgan fingerprint density at radius 1 is 0.946 bits per heavy atom. The standard InChI is InChI=1S/C28H26FN3O5/c1-18-3-13-23(14-4-18)32-26(34)24(31(28(32)36)16-15-19-5-9-21(29)10-6-19)17-25(33)30-22-11-7-20(8-12-22)27(35)37-2/h3-14,24H,15-17H2,1-2H3,(H,30,33)/t24-/m1/s1. The van der Waals surface area contributed by atoms with Crippen molar-refractivity contribution in [2.45, 2.75) is 25.8 Å². The van der Waals surface area contributed by atoms with Crippen molar-refractivity contribution >= 4 is 35.2 Å². The number of rotatable bonds is 8. The molecule has 0 unspecified atom stereocenters. The van der Waals surface area contributed by atoms with E-state index >= 15 is 0 Å². The van der Waals surface area contributed by atoms with Crippen LogP contribution in [-0.4, -0.2) is 48.4 Å². The first-order chi connectivity index (χ1) is 17.8. The number of nitrogens with one attached hydrogen (secondary N) is 1. The smallest absolute Gasteiger partial charge is 0.337 e. The van der Waals surface area contributed by atoms with E-state index in [0.29, 0.717) is 23.4 Å². The molecule has 9 heteroatoms. The molecule has 4 amide bonds. The van der Waals surface area contributed by atoms with Gasteiger partial charge < -0.3 is 15.0 Å². The molecular formula is C28H26FN3O5. The van der Waals surface area contributed by atoms with Gasteiger partial charge in [-0.2, -0.15) is 0 Å². The number of urea groups is 1. The second-order valence-corrected chi connectivity index (χ2v) is 8.70. The highest BCUT2D eigenvalue weighted by atomic mass is 19.1. The van der Waals surface area contributed by atoms with E-state index in [1.54, 1.807) is 48.5 Å². The zero-order chi connectivity index (χ0) is 26.5. The number of esters is 1. The van der Waals surface area contributed by atoms with Gasteiger partial charge in [-0.1, -0.05) is 29.8 Å². The zero-order valence-corrected chi connectivity index (χ0v) is 20.4. The summed E-state index contributed by atoms with van der Waals surface area (Å²) >= 11 is 0. The average Bonchev–Trinajstić information content (AvgIpc) is 3.12. The molecule has 1 N–H and O–H groups in total. The number of carbonyl (C=O) groups is 4. The van der Waals surface area contributed by atoms with E-state index in [-0.39, 0.29) is 18.8 Å². The highest BCUT2D eigenvalue weighted by Crippen LogP contribution is 2.28. The van der Waals surface area contributed by atoms with E-state index in [2.05, 4.69) is 10.1 Å². The molecule has 1 fully saturated rings. The van der Waals surface area contributed by atoms with Gasteiger partial charge in [0.25, 0.3) is 5.91 Å². The molecule has 1 aliphatic heterocycles. The molecule has 1 heterocycles. The SMILES string of the molecule is COC(=O)c1ccc(NC(=O)C[C@@H]2C(=O)N(c3ccc(C)cc3)C(=O)N2CCc2ccc(F)cc2)cc1. The fourth-order valence-electron chi connectivity index (χ4n) is 4.11. The monoisotopic (exact) mass is 503 g/mol. The summed E-state index contributed by atoms with van der Waals surface area (Å²) in [6, 6.07) is 17.5. The number of ether oxygens (including phenoxy) is 1. The van der Waals surface area contributed by atoms with Crippen LogP contribution in [0, 0.1) is 12.7 Å². The van der Waals surface area contributed by atoms with Crippen molar-refractivity contribution in [3.05, 3.63) is 95.3 Å².